The van der Waals surface area contributed by atoms with E-state index in [-0.39, 0.29) is 23.3 Å². The zero-order chi connectivity index (χ0) is 29.3. The Morgan fingerprint density at radius 3 is 1.93 bits per heavy atom. The standard InChI is InChI=1S/C37H41FO3S/c1-4-34-26(3)35(40-24-28-12-8-6-9-13-28)36(41-25-29-14-10-7-11-15-29)37(42-34)30-18-21-33(38)31(23-30)22-27-16-19-32(20-17-27)39-5-2/h6-21,23,26,34-37H,4-5,22,24-25H2,1-3H3/t26-,34-,35+,36-,37+/m1/s1. The van der Waals surface area contributed by atoms with Crippen molar-refractivity contribution in [1.29, 1.82) is 0 Å². The van der Waals surface area contributed by atoms with Gasteiger partial charge in [-0.3, -0.25) is 0 Å². The van der Waals surface area contributed by atoms with Crippen LogP contribution in [0.15, 0.2) is 103 Å². The third-order valence-corrected chi connectivity index (χ3v) is 9.99. The van der Waals surface area contributed by atoms with Crippen LogP contribution < -0.4 is 4.74 Å². The number of ether oxygens (including phenoxy) is 3. The lowest BCUT2D eigenvalue weighted by Gasteiger charge is -2.45. The SMILES string of the molecule is CCOc1ccc(Cc2cc([C@@H]3S[C@H](CC)[C@@H](C)[C@H](OCc4ccccc4)[C@H]3OCc3ccccc3)ccc2F)cc1. The van der Waals surface area contributed by atoms with Crippen LogP contribution in [0.5, 0.6) is 5.75 Å². The largest absolute Gasteiger partial charge is 0.494 e. The van der Waals surface area contributed by atoms with Crippen LogP contribution in [0.3, 0.4) is 0 Å². The van der Waals surface area contributed by atoms with Crippen molar-refractivity contribution >= 4 is 11.8 Å². The van der Waals surface area contributed by atoms with Crippen molar-refractivity contribution in [3.05, 3.63) is 137 Å². The second-order valence-electron chi connectivity index (χ2n) is 11.0. The van der Waals surface area contributed by atoms with Gasteiger partial charge in [-0.2, -0.15) is 0 Å². The van der Waals surface area contributed by atoms with E-state index in [2.05, 4.69) is 38.1 Å². The summed E-state index contributed by atoms with van der Waals surface area (Å²) in [7, 11) is 0. The molecule has 0 unspecified atom stereocenters. The van der Waals surface area contributed by atoms with Crippen molar-refractivity contribution < 1.29 is 18.6 Å². The lowest BCUT2D eigenvalue weighted by atomic mass is 9.89. The van der Waals surface area contributed by atoms with Crippen LogP contribution >= 0.6 is 11.8 Å². The lowest BCUT2D eigenvalue weighted by Crippen LogP contribution is -2.48. The molecule has 3 nitrogen and oxygen atoms in total. The Hall–Kier alpha value is -3.12. The van der Waals surface area contributed by atoms with Gasteiger partial charge in [-0.15, -0.1) is 11.8 Å². The summed E-state index contributed by atoms with van der Waals surface area (Å²) in [6, 6.07) is 34.1. The molecule has 1 saturated heterocycles. The fourth-order valence-corrected chi connectivity index (χ4v) is 7.43. The Morgan fingerprint density at radius 1 is 0.714 bits per heavy atom. The van der Waals surface area contributed by atoms with Crippen LogP contribution in [0.1, 0.15) is 60.3 Å². The maximum absolute atomic E-state index is 15.2. The molecular weight excluding hydrogens is 543 g/mol. The van der Waals surface area contributed by atoms with Crippen LogP contribution in [-0.4, -0.2) is 24.1 Å². The minimum atomic E-state index is -0.194. The molecule has 5 heteroatoms. The summed E-state index contributed by atoms with van der Waals surface area (Å²) in [5.74, 6) is 0.936. The lowest BCUT2D eigenvalue weighted by molar-refractivity contribution is -0.112. The van der Waals surface area contributed by atoms with E-state index in [4.69, 9.17) is 14.2 Å². The molecule has 5 atom stereocenters. The van der Waals surface area contributed by atoms with Gasteiger partial charge >= 0.3 is 0 Å². The second-order valence-corrected chi connectivity index (χ2v) is 12.4. The van der Waals surface area contributed by atoms with Gasteiger partial charge in [0, 0.05) is 11.7 Å². The first kappa shape index (κ1) is 30.3. The van der Waals surface area contributed by atoms with E-state index in [0.29, 0.717) is 43.0 Å². The van der Waals surface area contributed by atoms with Crippen LogP contribution in [0.4, 0.5) is 4.39 Å². The molecule has 0 aliphatic carbocycles. The predicted octanol–water partition coefficient (Wildman–Crippen LogP) is 9.19. The number of thioether (sulfide) groups is 1. The average Bonchev–Trinajstić information content (AvgIpc) is 3.02. The Balaban J connectivity index is 1.44. The highest BCUT2D eigenvalue weighted by Crippen LogP contribution is 2.49. The van der Waals surface area contributed by atoms with Crippen molar-refractivity contribution in [3.8, 4) is 5.75 Å². The molecule has 5 rings (SSSR count). The minimum absolute atomic E-state index is 0.00955. The Labute approximate surface area is 254 Å². The summed E-state index contributed by atoms with van der Waals surface area (Å²) < 4.78 is 34.3. The van der Waals surface area contributed by atoms with E-state index in [0.717, 1.165) is 34.4 Å². The highest BCUT2D eigenvalue weighted by Gasteiger charge is 2.45. The molecule has 1 aliphatic rings. The van der Waals surface area contributed by atoms with E-state index < -0.39 is 0 Å². The molecule has 4 aromatic carbocycles. The van der Waals surface area contributed by atoms with Crippen molar-refractivity contribution in [1.82, 2.24) is 0 Å². The van der Waals surface area contributed by atoms with E-state index in [1.807, 2.05) is 91.5 Å². The third-order valence-electron chi connectivity index (χ3n) is 8.05. The quantitative estimate of drug-likeness (QED) is 0.166. The monoisotopic (exact) mass is 584 g/mol. The summed E-state index contributed by atoms with van der Waals surface area (Å²) in [4.78, 5) is 0. The Bertz CT molecular complexity index is 1380. The first-order valence-corrected chi connectivity index (χ1v) is 16.0. The van der Waals surface area contributed by atoms with Crippen molar-refractivity contribution in [2.75, 3.05) is 6.61 Å². The molecule has 0 radical (unpaired) electrons. The average molecular weight is 585 g/mol. The molecule has 1 aliphatic heterocycles. The number of benzene rings is 4. The van der Waals surface area contributed by atoms with Crippen LogP contribution in [0, 0.1) is 11.7 Å². The number of rotatable bonds is 12. The summed E-state index contributed by atoms with van der Waals surface area (Å²) in [5.41, 5.74) is 5.09. The third kappa shape index (κ3) is 7.63. The summed E-state index contributed by atoms with van der Waals surface area (Å²) in [5, 5.41) is 0.405. The van der Waals surface area contributed by atoms with E-state index in [1.165, 1.54) is 0 Å². The normalized spacial score (nSPS) is 22.1. The van der Waals surface area contributed by atoms with E-state index in [1.54, 1.807) is 6.07 Å². The van der Waals surface area contributed by atoms with Gasteiger partial charge in [0.15, 0.2) is 0 Å². The molecule has 42 heavy (non-hydrogen) atoms. The molecular formula is C37H41FO3S. The molecule has 1 heterocycles. The maximum Gasteiger partial charge on any atom is 0.126 e. The first-order valence-electron chi connectivity index (χ1n) is 15.0. The molecule has 0 amide bonds. The zero-order valence-electron chi connectivity index (χ0n) is 24.7. The van der Waals surface area contributed by atoms with Gasteiger partial charge in [0.25, 0.3) is 0 Å². The van der Waals surface area contributed by atoms with Crippen LogP contribution in [0.2, 0.25) is 0 Å². The molecule has 0 saturated carbocycles. The van der Waals surface area contributed by atoms with Gasteiger partial charge in [-0.25, -0.2) is 4.39 Å². The minimum Gasteiger partial charge on any atom is -0.494 e. The van der Waals surface area contributed by atoms with Gasteiger partial charge in [-0.05, 0) is 65.3 Å². The molecule has 0 spiro atoms. The van der Waals surface area contributed by atoms with E-state index in [9.17, 15) is 0 Å². The number of hydrogen-bond acceptors (Lipinski definition) is 4. The topological polar surface area (TPSA) is 27.7 Å². The van der Waals surface area contributed by atoms with Gasteiger partial charge in [0.1, 0.15) is 17.7 Å². The fourth-order valence-electron chi connectivity index (χ4n) is 5.77. The number of hydrogen-bond donors (Lipinski definition) is 0. The fraction of sp³-hybridized carbons (Fsp3) is 0.351. The predicted molar refractivity (Wildman–Crippen MR) is 170 cm³/mol. The summed E-state index contributed by atoms with van der Waals surface area (Å²) >= 11 is 1.95. The molecule has 1 fully saturated rings. The van der Waals surface area contributed by atoms with Crippen LogP contribution in [0.25, 0.3) is 0 Å². The highest BCUT2D eigenvalue weighted by atomic mass is 32.2. The van der Waals surface area contributed by atoms with Gasteiger partial charge < -0.3 is 14.2 Å². The molecule has 0 bridgehead atoms. The highest BCUT2D eigenvalue weighted by molar-refractivity contribution is 8.00. The smallest absolute Gasteiger partial charge is 0.126 e. The van der Waals surface area contributed by atoms with Crippen molar-refractivity contribution in [2.24, 2.45) is 5.92 Å². The summed E-state index contributed by atoms with van der Waals surface area (Å²) in [6.07, 6.45) is 1.24. The molecule has 220 valence electrons. The maximum atomic E-state index is 15.2. The van der Waals surface area contributed by atoms with Crippen molar-refractivity contribution in [3.63, 3.8) is 0 Å². The van der Waals surface area contributed by atoms with Crippen LogP contribution in [-0.2, 0) is 29.1 Å². The molecule has 0 N–H and O–H groups in total. The van der Waals surface area contributed by atoms with E-state index >= 15 is 4.39 Å². The van der Waals surface area contributed by atoms with Crippen molar-refractivity contribution in [2.45, 2.75) is 69.5 Å². The van der Waals surface area contributed by atoms with Gasteiger partial charge in [-0.1, -0.05) is 98.8 Å². The first-order chi connectivity index (χ1) is 20.6. The Morgan fingerprint density at radius 2 is 1.33 bits per heavy atom. The van der Waals surface area contributed by atoms with Gasteiger partial charge in [0.2, 0.25) is 0 Å². The molecule has 0 aromatic heterocycles. The van der Waals surface area contributed by atoms with Gasteiger partial charge in [0.05, 0.1) is 31.2 Å². The zero-order valence-corrected chi connectivity index (χ0v) is 25.6. The molecule has 4 aromatic rings. The Kier molecular flexibility index (Phi) is 10.7. The second kappa shape index (κ2) is 14.9. The number of halogens is 1. The summed E-state index contributed by atoms with van der Waals surface area (Å²) in [6.45, 7) is 8.14.